The number of thioether (sulfide) groups is 1. The highest BCUT2D eigenvalue weighted by Gasteiger charge is 2.09. The number of aromatic nitrogens is 1. The number of benzene rings is 2. The summed E-state index contributed by atoms with van der Waals surface area (Å²) in [6.45, 7) is 0. The van der Waals surface area contributed by atoms with E-state index in [1.54, 1.807) is 36.4 Å². The van der Waals surface area contributed by atoms with Crippen LogP contribution in [0, 0.1) is 11.5 Å². The van der Waals surface area contributed by atoms with Gasteiger partial charge in [-0.2, -0.15) is 5.26 Å². The highest BCUT2D eigenvalue weighted by molar-refractivity contribution is 8.13. The predicted octanol–water partition coefficient (Wildman–Crippen LogP) is 3.76. The number of nitrogens with zero attached hydrogens (tertiary/aromatic N) is 2. The number of halogens is 1. The summed E-state index contributed by atoms with van der Waals surface area (Å²) >= 11 is 7.29. The van der Waals surface area contributed by atoms with Crippen molar-refractivity contribution in [2.24, 2.45) is 4.99 Å². The van der Waals surface area contributed by atoms with Crippen LogP contribution in [0.2, 0.25) is 5.02 Å². The van der Waals surface area contributed by atoms with Gasteiger partial charge in [0.15, 0.2) is 16.8 Å². The van der Waals surface area contributed by atoms with Gasteiger partial charge in [-0.05, 0) is 36.6 Å². The van der Waals surface area contributed by atoms with Gasteiger partial charge >= 0.3 is 0 Å². The number of aliphatic imine (C=N–C) groups is 1. The van der Waals surface area contributed by atoms with E-state index in [0.717, 1.165) is 0 Å². The van der Waals surface area contributed by atoms with Crippen LogP contribution in [-0.2, 0) is 0 Å². The molecule has 0 spiro atoms. The lowest BCUT2D eigenvalue weighted by atomic mass is 10.1. The normalized spacial score (nSPS) is 11.6. The molecule has 0 atom stereocenters. The summed E-state index contributed by atoms with van der Waals surface area (Å²) in [5.41, 5.74) is 1.79. The van der Waals surface area contributed by atoms with E-state index in [-0.39, 0.29) is 5.43 Å². The summed E-state index contributed by atoms with van der Waals surface area (Å²) in [6.07, 6.45) is 3.66. The number of fused-ring (bicyclic) bond motifs is 2. The molecule has 0 bridgehead atoms. The summed E-state index contributed by atoms with van der Waals surface area (Å²) in [7, 11) is 0. The van der Waals surface area contributed by atoms with Crippen molar-refractivity contribution < 1.29 is 0 Å². The van der Waals surface area contributed by atoms with Gasteiger partial charge in [-0.3, -0.25) is 10.1 Å². The van der Waals surface area contributed by atoms with Crippen LogP contribution in [0.15, 0.2) is 46.2 Å². The zero-order chi connectivity index (χ0) is 16.4. The highest BCUT2D eigenvalue weighted by atomic mass is 35.5. The fourth-order valence-electron chi connectivity index (χ4n) is 2.33. The van der Waals surface area contributed by atoms with Gasteiger partial charge in [0.1, 0.15) is 0 Å². The van der Waals surface area contributed by atoms with Gasteiger partial charge in [-0.15, -0.1) is 0 Å². The van der Waals surface area contributed by atoms with Crippen molar-refractivity contribution in [1.29, 1.82) is 5.26 Å². The predicted molar refractivity (Wildman–Crippen MR) is 96.4 cm³/mol. The Morgan fingerprint density at radius 2 is 2.17 bits per heavy atom. The largest absolute Gasteiger partial charge is 0.353 e. The number of H-pyrrole nitrogens is 1. The summed E-state index contributed by atoms with van der Waals surface area (Å²) in [4.78, 5) is 20.3. The van der Waals surface area contributed by atoms with Crippen LogP contribution in [0.4, 0.5) is 5.69 Å². The highest BCUT2D eigenvalue weighted by Crippen LogP contribution is 2.26. The molecular formula is C16H11ClN4OS. The van der Waals surface area contributed by atoms with Crippen LogP contribution in [-0.4, -0.2) is 16.4 Å². The van der Waals surface area contributed by atoms with Gasteiger partial charge in [0.2, 0.25) is 0 Å². The van der Waals surface area contributed by atoms with E-state index in [0.29, 0.717) is 37.7 Å². The standard InChI is InChI=1S/C16H11ClN4OS/c1-23-16(19-8-18)21-13-4-2-3-10-14(13)20-12-6-5-9(17)7-11(12)15(10)22/h2-7H,1H3,(H,19,21)(H,20,22). The van der Waals surface area contributed by atoms with Crippen LogP contribution >= 0.6 is 23.4 Å². The molecule has 23 heavy (non-hydrogen) atoms. The molecule has 0 fully saturated rings. The van der Waals surface area contributed by atoms with Crippen molar-refractivity contribution >= 4 is 56.0 Å². The van der Waals surface area contributed by atoms with Gasteiger partial charge in [0, 0.05) is 21.3 Å². The first-order chi connectivity index (χ1) is 11.1. The first-order valence-electron chi connectivity index (χ1n) is 6.66. The average molecular weight is 343 g/mol. The molecule has 7 heteroatoms. The molecule has 0 aliphatic carbocycles. The smallest absolute Gasteiger partial charge is 0.197 e. The van der Waals surface area contributed by atoms with Crippen molar-refractivity contribution in [1.82, 2.24) is 10.3 Å². The quantitative estimate of drug-likeness (QED) is 0.232. The second-order valence-corrected chi connectivity index (χ2v) is 5.93. The number of aromatic amines is 1. The Morgan fingerprint density at radius 3 is 2.91 bits per heavy atom. The van der Waals surface area contributed by atoms with Crippen molar-refractivity contribution in [2.45, 2.75) is 0 Å². The van der Waals surface area contributed by atoms with Crippen LogP contribution in [0.1, 0.15) is 0 Å². The number of rotatable bonds is 1. The topological polar surface area (TPSA) is 81.0 Å². The fourth-order valence-corrected chi connectivity index (χ4v) is 2.84. The van der Waals surface area contributed by atoms with E-state index in [2.05, 4.69) is 15.3 Å². The van der Waals surface area contributed by atoms with Crippen LogP contribution in [0.3, 0.4) is 0 Å². The average Bonchev–Trinajstić information content (AvgIpc) is 2.56. The third-order valence-electron chi connectivity index (χ3n) is 3.35. The van der Waals surface area contributed by atoms with Crippen LogP contribution < -0.4 is 10.7 Å². The van der Waals surface area contributed by atoms with Gasteiger partial charge < -0.3 is 4.98 Å². The third-order valence-corrected chi connectivity index (χ3v) is 4.17. The zero-order valence-corrected chi connectivity index (χ0v) is 13.6. The van der Waals surface area contributed by atoms with Crippen molar-refractivity contribution in [3.05, 3.63) is 51.6 Å². The van der Waals surface area contributed by atoms with E-state index in [1.165, 1.54) is 11.8 Å². The molecule has 2 aromatic carbocycles. The molecule has 0 saturated heterocycles. The van der Waals surface area contributed by atoms with E-state index in [4.69, 9.17) is 16.9 Å². The Balaban J connectivity index is 2.34. The van der Waals surface area contributed by atoms with Crippen molar-refractivity contribution in [3.8, 4) is 6.19 Å². The van der Waals surface area contributed by atoms with Crippen molar-refractivity contribution in [3.63, 3.8) is 0 Å². The summed E-state index contributed by atoms with van der Waals surface area (Å²) in [6, 6.07) is 10.4. The maximum atomic E-state index is 12.7. The molecule has 0 aliphatic rings. The molecule has 114 valence electrons. The minimum Gasteiger partial charge on any atom is -0.353 e. The molecular weight excluding hydrogens is 332 g/mol. The van der Waals surface area contributed by atoms with Gasteiger partial charge in [-0.25, -0.2) is 4.99 Å². The summed E-state index contributed by atoms with van der Waals surface area (Å²) < 4.78 is 0. The Morgan fingerprint density at radius 1 is 1.35 bits per heavy atom. The second kappa shape index (κ2) is 6.32. The number of amidine groups is 1. The number of hydrogen-bond donors (Lipinski definition) is 2. The lowest BCUT2D eigenvalue weighted by Crippen LogP contribution is -2.12. The van der Waals surface area contributed by atoms with E-state index in [1.807, 2.05) is 12.4 Å². The first kappa shape index (κ1) is 15.4. The molecule has 3 aromatic rings. The molecule has 1 aromatic heterocycles. The minimum absolute atomic E-state index is 0.104. The monoisotopic (exact) mass is 342 g/mol. The molecule has 3 rings (SSSR count). The fraction of sp³-hybridized carbons (Fsp3) is 0.0625. The molecule has 0 saturated carbocycles. The van der Waals surface area contributed by atoms with E-state index >= 15 is 0 Å². The van der Waals surface area contributed by atoms with Gasteiger partial charge in [-0.1, -0.05) is 29.4 Å². The van der Waals surface area contributed by atoms with Gasteiger partial charge in [0.25, 0.3) is 0 Å². The van der Waals surface area contributed by atoms with Crippen LogP contribution in [0.5, 0.6) is 0 Å². The van der Waals surface area contributed by atoms with E-state index < -0.39 is 0 Å². The molecule has 1 heterocycles. The number of para-hydroxylation sites is 1. The third kappa shape index (κ3) is 2.89. The minimum atomic E-state index is -0.104. The molecule has 0 unspecified atom stereocenters. The lowest BCUT2D eigenvalue weighted by molar-refractivity contribution is 1.28. The Labute approximate surface area is 141 Å². The zero-order valence-electron chi connectivity index (χ0n) is 12.1. The number of nitrogens with one attached hydrogen (secondary N) is 2. The second-order valence-electron chi connectivity index (χ2n) is 4.70. The van der Waals surface area contributed by atoms with Gasteiger partial charge in [0.05, 0.1) is 11.2 Å². The molecule has 0 radical (unpaired) electrons. The number of hydrogen-bond acceptors (Lipinski definition) is 4. The Kier molecular flexibility index (Phi) is 4.24. The molecule has 0 amide bonds. The number of pyridine rings is 1. The molecule has 2 N–H and O–H groups in total. The van der Waals surface area contributed by atoms with Crippen LogP contribution in [0.25, 0.3) is 21.8 Å². The lowest BCUT2D eigenvalue weighted by Gasteiger charge is -2.07. The maximum Gasteiger partial charge on any atom is 0.197 e. The number of nitriles is 1. The summed E-state index contributed by atoms with van der Waals surface area (Å²) in [5, 5.41) is 13.3. The Bertz CT molecular complexity index is 1040. The molecule has 0 aliphatic heterocycles. The summed E-state index contributed by atoms with van der Waals surface area (Å²) in [5.74, 6) is 0. The molecule has 5 nitrogen and oxygen atoms in total. The van der Waals surface area contributed by atoms with E-state index in [9.17, 15) is 4.79 Å². The SMILES string of the molecule is CSC(=Nc1cccc2c(=O)c3cc(Cl)ccc3[nH]c12)NC#N. The first-order valence-corrected chi connectivity index (χ1v) is 8.26. The van der Waals surface area contributed by atoms with Crippen molar-refractivity contribution in [2.75, 3.05) is 6.26 Å². The Hall–Kier alpha value is -2.49. The maximum absolute atomic E-state index is 12.7.